The van der Waals surface area contributed by atoms with Gasteiger partial charge in [0.05, 0.1) is 0 Å². The summed E-state index contributed by atoms with van der Waals surface area (Å²) in [6.07, 6.45) is 3.69. The van der Waals surface area contributed by atoms with E-state index in [-0.39, 0.29) is 11.7 Å². The van der Waals surface area contributed by atoms with Crippen molar-refractivity contribution < 1.29 is 4.79 Å². The molecule has 1 aromatic rings. The molecule has 16 heavy (non-hydrogen) atoms. The van der Waals surface area contributed by atoms with Gasteiger partial charge < -0.3 is 5.32 Å². The number of carbonyl (C=O) groups excluding carboxylic acids is 1. The number of carbonyl (C=O) groups is 1. The lowest BCUT2D eigenvalue weighted by Gasteiger charge is -2.21. The van der Waals surface area contributed by atoms with Crippen LogP contribution in [-0.2, 0) is 0 Å². The highest BCUT2D eigenvalue weighted by atomic mass is 16.1. The van der Waals surface area contributed by atoms with Gasteiger partial charge in [-0.2, -0.15) is 0 Å². The minimum Gasteiger partial charge on any atom is -0.317 e. The van der Waals surface area contributed by atoms with Crippen LogP contribution in [0.3, 0.4) is 0 Å². The van der Waals surface area contributed by atoms with E-state index in [2.05, 4.69) is 11.9 Å². The van der Waals surface area contributed by atoms with Gasteiger partial charge in [-0.05, 0) is 37.6 Å². The largest absolute Gasteiger partial charge is 0.317 e. The van der Waals surface area contributed by atoms with E-state index in [9.17, 15) is 4.79 Å². The molecule has 0 radical (unpaired) electrons. The molecule has 0 aromatic heterocycles. The molecule has 1 aromatic carbocycles. The van der Waals surface area contributed by atoms with Gasteiger partial charge in [0.2, 0.25) is 0 Å². The minimum absolute atomic E-state index is 0.196. The number of hydrogen-bond donors (Lipinski definition) is 1. The number of piperidine rings is 1. The fourth-order valence-electron chi connectivity index (χ4n) is 2.14. The van der Waals surface area contributed by atoms with Crippen LogP contribution in [0.1, 0.15) is 28.8 Å². The quantitative estimate of drug-likeness (QED) is 0.785. The summed E-state index contributed by atoms with van der Waals surface area (Å²) in [7, 11) is 0. The topological polar surface area (TPSA) is 29.1 Å². The van der Waals surface area contributed by atoms with Crippen molar-refractivity contribution in [2.75, 3.05) is 13.1 Å². The Morgan fingerprint density at radius 3 is 2.81 bits per heavy atom. The van der Waals surface area contributed by atoms with Crippen LogP contribution in [0.25, 0.3) is 6.08 Å². The summed E-state index contributed by atoms with van der Waals surface area (Å²) in [6.45, 7) is 5.63. The van der Waals surface area contributed by atoms with Gasteiger partial charge in [0.15, 0.2) is 5.78 Å². The molecule has 2 heteroatoms. The van der Waals surface area contributed by atoms with Gasteiger partial charge in [-0.1, -0.05) is 30.9 Å². The van der Waals surface area contributed by atoms with E-state index in [4.69, 9.17) is 0 Å². The Hall–Kier alpha value is -1.41. The van der Waals surface area contributed by atoms with Crippen LogP contribution in [0.5, 0.6) is 0 Å². The second-order valence-corrected chi connectivity index (χ2v) is 4.22. The Morgan fingerprint density at radius 2 is 2.12 bits per heavy atom. The van der Waals surface area contributed by atoms with Crippen molar-refractivity contribution in [2.45, 2.75) is 12.8 Å². The number of benzene rings is 1. The number of rotatable bonds is 3. The molecule has 0 bridgehead atoms. The predicted molar refractivity (Wildman–Crippen MR) is 66.5 cm³/mol. The van der Waals surface area contributed by atoms with Gasteiger partial charge >= 0.3 is 0 Å². The van der Waals surface area contributed by atoms with Crippen molar-refractivity contribution in [3.8, 4) is 0 Å². The fraction of sp³-hybridized carbons (Fsp3) is 0.357. The van der Waals surface area contributed by atoms with E-state index >= 15 is 0 Å². The smallest absolute Gasteiger partial charge is 0.166 e. The standard InChI is InChI=1S/C14H17NO/c1-2-11-4-3-5-13(10-11)14(16)12-6-8-15-9-7-12/h2-5,10,12,15H,1,6-9H2. The summed E-state index contributed by atoms with van der Waals surface area (Å²) >= 11 is 0. The van der Waals surface area contributed by atoms with Crippen LogP contribution in [-0.4, -0.2) is 18.9 Å². The van der Waals surface area contributed by atoms with Gasteiger partial charge in [-0.3, -0.25) is 4.79 Å². The predicted octanol–water partition coefficient (Wildman–Crippen LogP) is 2.51. The molecule has 1 fully saturated rings. The van der Waals surface area contributed by atoms with E-state index in [0.717, 1.165) is 37.1 Å². The molecule has 84 valence electrons. The van der Waals surface area contributed by atoms with E-state index in [0.29, 0.717) is 0 Å². The first kappa shape index (κ1) is 11.1. The molecule has 0 spiro atoms. The lowest BCUT2D eigenvalue weighted by molar-refractivity contribution is 0.0895. The summed E-state index contributed by atoms with van der Waals surface area (Å²) < 4.78 is 0. The van der Waals surface area contributed by atoms with Crippen LogP contribution in [0, 0.1) is 5.92 Å². The highest BCUT2D eigenvalue weighted by Gasteiger charge is 2.21. The van der Waals surface area contributed by atoms with Crippen molar-refractivity contribution in [1.29, 1.82) is 0 Å². The Bertz CT molecular complexity index is 391. The molecule has 1 aliphatic heterocycles. The third-order valence-corrected chi connectivity index (χ3v) is 3.12. The van der Waals surface area contributed by atoms with Gasteiger partial charge in [0.1, 0.15) is 0 Å². The first-order chi connectivity index (χ1) is 7.81. The van der Waals surface area contributed by atoms with Gasteiger partial charge in [0, 0.05) is 11.5 Å². The average molecular weight is 215 g/mol. The Kier molecular flexibility index (Phi) is 3.52. The molecule has 1 N–H and O–H groups in total. The average Bonchev–Trinajstić information content (AvgIpc) is 2.39. The summed E-state index contributed by atoms with van der Waals surface area (Å²) in [5, 5.41) is 3.28. The molecule has 0 unspecified atom stereocenters. The summed E-state index contributed by atoms with van der Waals surface area (Å²) in [5.41, 5.74) is 1.84. The lowest BCUT2D eigenvalue weighted by Crippen LogP contribution is -2.31. The second kappa shape index (κ2) is 5.08. The van der Waals surface area contributed by atoms with Crippen molar-refractivity contribution in [3.63, 3.8) is 0 Å². The molecule has 0 amide bonds. The van der Waals surface area contributed by atoms with Gasteiger partial charge in [-0.15, -0.1) is 0 Å². The van der Waals surface area contributed by atoms with E-state index < -0.39 is 0 Å². The van der Waals surface area contributed by atoms with Crippen LogP contribution in [0.2, 0.25) is 0 Å². The van der Waals surface area contributed by atoms with Crippen LogP contribution in [0.15, 0.2) is 30.8 Å². The maximum atomic E-state index is 12.2. The first-order valence-corrected chi connectivity index (χ1v) is 5.78. The molecular formula is C14H17NO. The summed E-state index contributed by atoms with van der Waals surface area (Å²) in [5.74, 6) is 0.478. The van der Waals surface area contributed by atoms with Crippen LogP contribution in [0.4, 0.5) is 0 Å². The van der Waals surface area contributed by atoms with Crippen LogP contribution >= 0.6 is 0 Å². The van der Waals surface area contributed by atoms with Gasteiger partial charge in [0.25, 0.3) is 0 Å². The maximum Gasteiger partial charge on any atom is 0.166 e. The molecule has 0 aliphatic carbocycles. The van der Waals surface area contributed by atoms with Crippen molar-refractivity contribution >= 4 is 11.9 Å². The number of nitrogens with one attached hydrogen (secondary N) is 1. The molecule has 0 saturated carbocycles. The lowest BCUT2D eigenvalue weighted by atomic mass is 9.89. The van der Waals surface area contributed by atoms with Crippen molar-refractivity contribution in [2.24, 2.45) is 5.92 Å². The summed E-state index contributed by atoms with van der Waals surface area (Å²) in [4.78, 5) is 12.2. The minimum atomic E-state index is 0.196. The molecule has 0 atom stereocenters. The first-order valence-electron chi connectivity index (χ1n) is 5.78. The molecule has 1 saturated heterocycles. The fourth-order valence-corrected chi connectivity index (χ4v) is 2.14. The monoisotopic (exact) mass is 215 g/mol. The molecule has 1 heterocycles. The highest BCUT2D eigenvalue weighted by molar-refractivity contribution is 5.98. The zero-order valence-corrected chi connectivity index (χ0v) is 9.41. The molecule has 2 nitrogen and oxygen atoms in total. The van der Waals surface area contributed by atoms with Crippen molar-refractivity contribution in [3.05, 3.63) is 42.0 Å². The Labute approximate surface area is 96.4 Å². The van der Waals surface area contributed by atoms with Crippen molar-refractivity contribution in [1.82, 2.24) is 5.32 Å². The Morgan fingerprint density at radius 1 is 1.38 bits per heavy atom. The highest BCUT2D eigenvalue weighted by Crippen LogP contribution is 2.19. The van der Waals surface area contributed by atoms with Crippen LogP contribution < -0.4 is 5.32 Å². The molecule has 1 aliphatic rings. The van der Waals surface area contributed by atoms with E-state index in [1.165, 1.54) is 0 Å². The third-order valence-electron chi connectivity index (χ3n) is 3.12. The molecule has 2 rings (SSSR count). The zero-order chi connectivity index (χ0) is 11.4. The second-order valence-electron chi connectivity index (χ2n) is 4.22. The third kappa shape index (κ3) is 2.39. The number of ketones is 1. The van der Waals surface area contributed by atoms with Gasteiger partial charge in [-0.25, -0.2) is 0 Å². The molecular weight excluding hydrogens is 198 g/mol. The number of hydrogen-bond acceptors (Lipinski definition) is 2. The zero-order valence-electron chi connectivity index (χ0n) is 9.41. The summed E-state index contributed by atoms with van der Waals surface area (Å²) in [6, 6.07) is 7.71. The normalized spacial score (nSPS) is 17.0. The number of Topliss-reactive ketones (excluding diaryl/α,β-unsaturated/α-hetero) is 1. The van der Waals surface area contributed by atoms with E-state index in [1.54, 1.807) is 6.08 Å². The SMILES string of the molecule is C=Cc1cccc(C(=O)C2CCNCC2)c1. The Balaban J connectivity index is 2.15. The van der Waals surface area contributed by atoms with E-state index in [1.807, 2.05) is 24.3 Å². The maximum absolute atomic E-state index is 12.2.